The van der Waals surface area contributed by atoms with E-state index in [1.54, 1.807) is 0 Å². The zero-order chi connectivity index (χ0) is 30.4. The maximum absolute atomic E-state index is 13.1. The fourth-order valence-corrected chi connectivity index (χ4v) is 7.21. The van der Waals surface area contributed by atoms with Crippen molar-refractivity contribution < 1.29 is 14.3 Å². The number of para-hydroxylation sites is 2. The summed E-state index contributed by atoms with van der Waals surface area (Å²) in [6, 6.07) is 41.7. The summed E-state index contributed by atoms with van der Waals surface area (Å²) in [6.07, 6.45) is 0. The van der Waals surface area contributed by atoms with E-state index in [4.69, 9.17) is 9.47 Å². The van der Waals surface area contributed by atoms with Crippen molar-refractivity contribution in [2.45, 2.75) is 29.4 Å². The Morgan fingerprint density at radius 2 is 1.36 bits per heavy atom. The van der Waals surface area contributed by atoms with Gasteiger partial charge in [0.25, 0.3) is 0 Å². The SMILES string of the molecule is O=C(Cn1c2ccccc2c2ccccc21)NSc1ccc(CN(CCSc2ccccc2)Cc2ccc3c(c2)OCO3)cc1. The number of carbonyl (C=O) groups is 1. The third-order valence-corrected chi connectivity index (χ3v) is 9.69. The van der Waals surface area contributed by atoms with Crippen LogP contribution >= 0.6 is 23.7 Å². The molecule has 8 heteroatoms. The zero-order valence-electron chi connectivity index (χ0n) is 24.7. The lowest BCUT2D eigenvalue weighted by Crippen LogP contribution is -2.25. The zero-order valence-corrected chi connectivity index (χ0v) is 26.4. The van der Waals surface area contributed by atoms with Crippen LogP contribution in [0.4, 0.5) is 0 Å². The van der Waals surface area contributed by atoms with E-state index < -0.39 is 0 Å². The quantitative estimate of drug-likeness (QED) is 0.109. The lowest BCUT2D eigenvalue weighted by atomic mass is 10.1. The van der Waals surface area contributed by atoms with E-state index in [-0.39, 0.29) is 19.2 Å². The summed E-state index contributed by atoms with van der Waals surface area (Å²) in [7, 11) is 0. The first kappa shape index (κ1) is 29.3. The maximum Gasteiger partial charge on any atom is 0.250 e. The third-order valence-electron chi connectivity index (χ3n) is 7.86. The van der Waals surface area contributed by atoms with Crippen LogP contribution in [0, 0.1) is 0 Å². The van der Waals surface area contributed by atoms with Crippen LogP contribution in [-0.2, 0) is 24.4 Å². The van der Waals surface area contributed by atoms with Crippen molar-refractivity contribution in [1.29, 1.82) is 0 Å². The number of amides is 1. The number of thioether (sulfide) groups is 1. The Hall–Kier alpha value is -4.37. The van der Waals surface area contributed by atoms with E-state index in [9.17, 15) is 4.79 Å². The molecule has 0 bridgehead atoms. The fraction of sp³-hybridized carbons (Fsp3) is 0.162. The van der Waals surface area contributed by atoms with Gasteiger partial charge in [-0.25, -0.2) is 0 Å². The Morgan fingerprint density at radius 3 is 2.11 bits per heavy atom. The molecule has 0 spiro atoms. The van der Waals surface area contributed by atoms with Crippen LogP contribution < -0.4 is 14.2 Å². The number of nitrogens with zero attached hydrogens (tertiary/aromatic N) is 2. The van der Waals surface area contributed by atoms with Crippen molar-refractivity contribution in [3.63, 3.8) is 0 Å². The number of fused-ring (bicyclic) bond motifs is 4. The van der Waals surface area contributed by atoms with Gasteiger partial charge in [-0.3, -0.25) is 14.4 Å². The Bertz CT molecular complexity index is 1870. The van der Waals surface area contributed by atoms with Gasteiger partial charge in [0.1, 0.15) is 6.54 Å². The van der Waals surface area contributed by atoms with Gasteiger partial charge in [-0.1, -0.05) is 72.8 Å². The third kappa shape index (κ3) is 6.99. The molecule has 6 nitrogen and oxygen atoms in total. The number of ether oxygens (including phenoxy) is 2. The van der Waals surface area contributed by atoms with E-state index in [0.717, 1.165) is 63.6 Å². The van der Waals surface area contributed by atoms with E-state index in [1.165, 1.54) is 28.0 Å². The smallest absolute Gasteiger partial charge is 0.250 e. The highest BCUT2D eigenvalue weighted by molar-refractivity contribution is 7.99. The molecule has 0 saturated carbocycles. The number of benzene rings is 5. The lowest BCUT2D eigenvalue weighted by Gasteiger charge is -2.23. The van der Waals surface area contributed by atoms with Gasteiger partial charge in [0.15, 0.2) is 11.5 Å². The molecule has 1 aliphatic rings. The van der Waals surface area contributed by atoms with Crippen LogP contribution in [0.5, 0.6) is 11.5 Å². The molecule has 7 rings (SSSR count). The number of rotatable bonds is 12. The number of nitrogens with one attached hydrogen (secondary N) is 1. The monoisotopic (exact) mass is 631 g/mol. The average Bonchev–Trinajstić information content (AvgIpc) is 3.67. The van der Waals surface area contributed by atoms with Crippen LogP contribution in [0.25, 0.3) is 21.8 Å². The molecule has 1 aromatic heterocycles. The second-order valence-electron chi connectivity index (χ2n) is 11.0. The molecule has 0 unspecified atom stereocenters. The minimum atomic E-state index is -0.0404. The second-order valence-corrected chi connectivity index (χ2v) is 13.0. The van der Waals surface area contributed by atoms with E-state index in [2.05, 4.69) is 105 Å². The largest absolute Gasteiger partial charge is 0.454 e. The van der Waals surface area contributed by atoms with Gasteiger partial charge in [0, 0.05) is 57.0 Å². The molecule has 5 aromatic carbocycles. The molecular weight excluding hydrogens is 599 g/mol. The van der Waals surface area contributed by atoms with Crippen molar-refractivity contribution in [2.75, 3.05) is 19.1 Å². The highest BCUT2D eigenvalue weighted by Crippen LogP contribution is 2.33. The summed E-state index contributed by atoms with van der Waals surface area (Å²) in [5.41, 5.74) is 4.55. The first-order valence-corrected chi connectivity index (χ1v) is 16.8. The van der Waals surface area contributed by atoms with Crippen LogP contribution in [0.3, 0.4) is 0 Å². The van der Waals surface area contributed by atoms with E-state index in [0.29, 0.717) is 0 Å². The van der Waals surface area contributed by atoms with Gasteiger partial charge >= 0.3 is 0 Å². The minimum absolute atomic E-state index is 0.0404. The standard InChI is InChI=1S/C37H33N3O3S2/c41-37(25-40-33-12-6-4-10-31(33)32-11-5-7-13-34(32)40)38-45-30-17-14-27(15-18-30)23-39(20-21-44-29-8-2-1-3-9-29)24-28-16-19-35-36(22-28)43-26-42-35/h1-19,22H,20-21,23-26H2,(H,38,41). The normalized spacial score (nSPS) is 12.3. The predicted molar refractivity (Wildman–Crippen MR) is 184 cm³/mol. The Morgan fingerprint density at radius 1 is 0.711 bits per heavy atom. The average molecular weight is 632 g/mol. The van der Waals surface area contributed by atoms with Crippen LogP contribution in [-0.4, -0.2) is 34.5 Å². The summed E-state index contributed by atoms with van der Waals surface area (Å²) in [6.45, 7) is 3.09. The van der Waals surface area contributed by atoms with Gasteiger partial charge in [-0.15, -0.1) is 11.8 Å². The predicted octanol–water partition coefficient (Wildman–Crippen LogP) is 8.14. The molecule has 6 aromatic rings. The molecule has 0 saturated heterocycles. The Balaban J connectivity index is 0.982. The van der Waals surface area contributed by atoms with Crippen molar-refractivity contribution >= 4 is 51.4 Å². The van der Waals surface area contributed by atoms with Crippen LogP contribution in [0.15, 0.2) is 131 Å². The topological polar surface area (TPSA) is 55.7 Å². The van der Waals surface area contributed by atoms with Gasteiger partial charge in [-0.05, 0) is 71.6 Å². The molecular formula is C37H33N3O3S2. The number of hydrogen-bond acceptors (Lipinski definition) is 6. The van der Waals surface area contributed by atoms with Crippen molar-refractivity contribution in [2.24, 2.45) is 0 Å². The van der Waals surface area contributed by atoms with E-state index in [1.807, 2.05) is 42.1 Å². The first-order valence-electron chi connectivity index (χ1n) is 15.0. The Kier molecular flexibility index (Phi) is 8.95. The first-order chi connectivity index (χ1) is 22.2. The fourth-order valence-electron chi connectivity index (χ4n) is 5.71. The number of aromatic nitrogens is 1. The summed E-state index contributed by atoms with van der Waals surface area (Å²) in [5, 5.41) is 2.32. The van der Waals surface area contributed by atoms with Crippen molar-refractivity contribution in [3.05, 3.63) is 132 Å². The van der Waals surface area contributed by atoms with Crippen LogP contribution in [0.2, 0.25) is 0 Å². The molecule has 0 radical (unpaired) electrons. The summed E-state index contributed by atoms with van der Waals surface area (Å²) < 4.78 is 16.3. The molecule has 0 aliphatic carbocycles. The summed E-state index contributed by atoms with van der Waals surface area (Å²) in [4.78, 5) is 17.8. The van der Waals surface area contributed by atoms with Gasteiger partial charge < -0.3 is 14.0 Å². The van der Waals surface area contributed by atoms with Crippen molar-refractivity contribution in [1.82, 2.24) is 14.2 Å². The lowest BCUT2D eigenvalue weighted by molar-refractivity contribution is -0.119. The molecule has 1 N–H and O–H groups in total. The van der Waals surface area contributed by atoms with Crippen LogP contribution in [0.1, 0.15) is 11.1 Å². The minimum Gasteiger partial charge on any atom is -0.454 e. The molecule has 0 atom stereocenters. The second kappa shape index (κ2) is 13.7. The highest BCUT2D eigenvalue weighted by Gasteiger charge is 2.16. The molecule has 226 valence electrons. The molecule has 0 fully saturated rings. The van der Waals surface area contributed by atoms with Gasteiger partial charge in [0.05, 0.1) is 0 Å². The van der Waals surface area contributed by atoms with Gasteiger partial charge in [0.2, 0.25) is 12.7 Å². The molecule has 45 heavy (non-hydrogen) atoms. The van der Waals surface area contributed by atoms with E-state index >= 15 is 0 Å². The maximum atomic E-state index is 13.1. The molecule has 1 amide bonds. The molecule has 2 heterocycles. The summed E-state index contributed by atoms with van der Waals surface area (Å²) in [5.74, 6) is 2.56. The summed E-state index contributed by atoms with van der Waals surface area (Å²) >= 11 is 3.23. The number of hydrogen-bond donors (Lipinski definition) is 1. The van der Waals surface area contributed by atoms with Gasteiger partial charge in [-0.2, -0.15) is 0 Å². The number of carbonyl (C=O) groups excluding carboxylic acids is 1. The molecule has 1 aliphatic heterocycles. The van der Waals surface area contributed by atoms with Crippen molar-refractivity contribution in [3.8, 4) is 11.5 Å². The highest BCUT2D eigenvalue weighted by atomic mass is 32.2. The Labute approximate surface area is 271 Å².